The molecule has 2 N–H and O–H groups in total. The first-order chi connectivity index (χ1) is 20.4. The van der Waals surface area contributed by atoms with E-state index in [1.807, 2.05) is 42.6 Å². The van der Waals surface area contributed by atoms with Crippen molar-refractivity contribution >= 4 is 32.9 Å². The molecule has 5 rings (SSSR count). The van der Waals surface area contributed by atoms with Crippen molar-refractivity contribution in [2.24, 2.45) is 0 Å². The van der Waals surface area contributed by atoms with Crippen LogP contribution in [0.5, 0.6) is 11.5 Å². The molecule has 0 radical (unpaired) electrons. The van der Waals surface area contributed by atoms with Crippen molar-refractivity contribution in [3.05, 3.63) is 93.6 Å². The summed E-state index contributed by atoms with van der Waals surface area (Å²) in [5.41, 5.74) is 5.39. The number of aromatic amines is 1. The van der Waals surface area contributed by atoms with Gasteiger partial charge >= 0.3 is 6.09 Å². The lowest BCUT2D eigenvalue weighted by Gasteiger charge is -2.37. The number of amides is 1. The maximum absolute atomic E-state index is 11.8. The van der Waals surface area contributed by atoms with Gasteiger partial charge < -0.3 is 33.9 Å². The Kier molecular flexibility index (Phi) is 10.0. The second-order valence-corrected chi connectivity index (χ2v) is 11.3. The van der Waals surface area contributed by atoms with E-state index >= 15 is 0 Å². The molecule has 4 aromatic rings. The first kappa shape index (κ1) is 29.9. The van der Waals surface area contributed by atoms with Gasteiger partial charge in [0.2, 0.25) is 0 Å². The SMILES string of the molecule is COc1ccccc1COCCCOc1ccc(C2CCN(C(=O)O)CC2OCc2ccc3c(C)c[nH]c3c2Br)cc1. The molecule has 0 spiro atoms. The molecule has 2 atom stereocenters. The molecule has 1 amide bonds. The van der Waals surface area contributed by atoms with Crippen LogP contribution in [0.15, 0.2) is 71.3 Å². The van der Waals surface area contributed by atoms with E-state index < -0.39 is 6.09 Å². The molecule has 0 aliphatic carbocycles. The van der Waals surface area contributed by atoms with Gasteiger partial charge in [0.25, 0.3) is 0 Å². The smallest absolute Gasteiger partial charge is 0.407 e. The van der Waals surface area contributed by atoms with Gasteiger partial charge in [0, 0.05) is 40.5 Å². The predicted molar refractivity (Wildman–Crippen MR) is 165 cm³/mol. The highest BCUT2D eigenvalue weighted by molar-refractivity contribution is 9.10. The van der Waals surface area contributed by atoms with Crippen LogP contribution in [0.4, 0.5) is 4.79 Å². The fraction of sp³-hybridized carbons (Fsp3) is 0.364. The van der Waals surface area contributed by atoms with Crippen molar-refractivity contribution in [3.63, 3.8) is 0 Å². The second-order valence-electron chi connectivity index (χ2n) is 10.5. The number of nitrogens with zero attached hydrogens (tertiary/aromatic N) is 1. The summed E-state index contributed by atoms with van der Waals surface area (Å²) in [5, 5.41) is 10.8. The number of rotatable bonds is 12. The molecule has 1 aliphatic heterocycles. The average molecular weight is 638 g/mol. The van der Waals surface area contributed by atoms with Gasteiger partial charge in [-0.25, -0.2) is 4.79 Å². The van der Waals surface area contributed by atoms with Crippen molar-refractivity contribution in [2.45, 2.75) is 45.0 Å². The summed E-state index contributed by atoms with van der Waals surface area (Å²) in [7, 11) is 1.66. The Morgan fingerprint density at radius 3 is 2.64 bits per heavy atom. The normalized spacial score (nSPS) is 17.0. The largest absolute Gasteiger partial charge is 0.496 e. The molecule has 42 heavy (non-hydrogen) atoms. The van der Waals surface area contributed by atoms with Crippen LogP contribution in [0, 0.1) is 6.92 Å². The highest BCUT2D eigenvalue weighted by atomic mass is 79.9. The number of hydrogen-bond donors (Lipinski definition) is 2. The fourth-order valence-corrected chi connectivity index (χ4v) is 6.04. The zero-order chi connectivity index (χ0) is 29.5. The number of carboxylic acid groups (broad SMARTS) is 1. The van der Waals surface area contributed by atoms with E-state index in [1.54, 1.807) is 7.11 Å². The van der Waals surface area contributed by atoms with E-state index in [2.05, 4.69) is 52.1 Å². The Hall–Kier alpha value is -3.53. The van der Waals surface area contributed by atoms with Crippen LogP contribution in [-0.2, 0) is 22.7 Å². The number of aromatic nitrogens is 1. The highest BCUT2D eigenvalue weighted by Gasteiger charge is 2.33. The standard InChI is InChI=1S/C33H37BrN2O6/c1-22-18-35-32-27(22)13-10-25(31(32)34)21-42-30-19-36(33(37)38)15-14-28(30)23-8-11-26(12-9-23)41-17-5-16-40-20-24-6-3-4-7-29(24)39-2/h3-4,6-13,18,28,30,35H,5,14-17,19-21H2,1-2H3,(H,37,38). The number of halogens is 1. The Morgan fingerprint density at radius 2 is 1.86 bits per heavy atom. The van der Waals surface area contributed by atoms with Gasteiger partial charge in [-0.2, -0.15) is 0 Å². The van der Waals surface area contributed by atoms with Crippen LogP contribution in [0.25, 0.3) is 10.9 Å². The third-order valence-corrected chi connectivity index (χ3v) is 8.73. The van der Waals surface area contributed by atoms with E-state index in [0.29, 0.717) is 45.9 Å². The maximum Gasteiger partial charge on any atom is 0.407 e. The summed E-state index contributed by atoms with van der Waals surface area (Å²) in [5.74, 6) is 1.70. The minimum Gasteiger partial charge on any atom is -0.496 e. The third kappa shape index (κ3) is 7.09. The minimum atomic E-state index is -0.915. The topological polar surface area (TPSA) is 93.2 Å². The summed E-state index contributed by atoms with van der Waals surface area (Å²) < 4.78 is 24.5. The first-order valence-corrected chi connectivity index (χ1v) is 15.0. The molecule has 2 unspecified atom stereocenters. The molecule has 9 heteroatoms. The van der Waals surface area contributed by atoms with Gasteiger partial charge in [0.15, 0.2) is 0 Å². The minimum absolute atomic E-state index is 0.0771. The number of hydrogen-bond acceptors (Lipinski definition) is 5. The third-order valence-electron chi connectivity index (χ3n) is 7.82. The number of aryl methyl sites for hydroxylation is 1. The van der Waals surface area contributed by atoms with E-state index in [1.165, 1.54) is 15.8 Å². The predicted octanol–water partition coefficient (Wildman–Crippen LogP) is 7.29. The van der Waals surface area contributed by atoms with Gasteiger partial charge in [0.05, 0.1) is 51.7 Å². The molecule has 1 saturated heterocycles. The number of ether oxygens (including phenoxy) is 4. The van der Waals surface area contributed by atoms with E-state index in [-0.39, 0.29) is 12.0 Å². The molecule has 222 valence electrons. The number of H-pyrrole nitrogens is 1. The van der Waals surface area contributed by atoms with Crippen LogP contribution < -0.4 is 9.47 Å². The summed E-state index contributed by atoms with van der Waals surface area (Å²) in [6.07, 6.45) is 2.27. The molecule has 0 bridgehead atoms. The summed E-state index contributed by atoms with van der Waals surface area (Å²) in [6.45, 7) is 4.89. The van der Waals surface area contributed by atoms with Crippen molar-refractivity contribution < 1.29 is 28.8 Å². The van der Waals surface area contributed by atoms with Gasteiger partial charge in [-0.1, -0.05) is 42.5 Å². The number of para-hydroxylation sites is 1. The van der Waals surface area contributed by atoms with Gasteiger partial charge in [0.1, 0.15) is 11.5 Å². The molecule has 0 saturated carbocycles. The molecular formula is C33H37BrN2O6. The molecule has 3 aromatic carbocycles. The van der Waals surface area contributed by atoms with E-state index in [0.717, 1.165) is 44.6 Å². The van der Waals surface area contributed by atoms with Crippen molar-refractivity contribution in [2.75, 3.05) is 33.4 Å². The lowest BCUT2D eigenvalue weighted by Crippen LogP contribution is -2.46. The molecule has 1 fully saturated rings. The van der Waals surface area contributed by atoms with Crippen LogP contribution in [0.3, 0.4) is 0 Å². The van der Waals surface area contributed by atoms with E-state index in [4.69, 9.17) is 18.9 Å². The maximum atomic E-state index is 11.8. The number of carbonyl (C=O) groups is 1. The van der Waals surface area contributed by atoms with Gasteiger partial charge in [-0.3, -0.25) is 0 Å². The quantitative estimate of drug-likeness (QED) is 0.159. The number of benzene rings is 3. The Balaban J connectivity index is 1.15. The molecule has 8 nitrogen and oxygen atoms in total. The summed E-state index contributed by atoms with van der Waals surface area (Å²) in [6, 6.07) is 20.1. The van der Waals surface area contributed by atoms with Crippen LogP contribution in [0.2, 0.25) is 0 Å². The average Bonchev–Trinajstić information content (AvgIpc) is 3.40. The number of fused-ring (bicyclic) bond motifs is 1. The molecule has 2 heterocycles. The number of piperidine rings is 1. The number of methoxy groups -OCH3 is 1. The fourth-order valence-electron chi connectivity index (χ4n) is 5.46. The lowest BCUT2D eigenvalue weighted by molar-refractivity contribution is -0.0201. The van der Waals surface area contributed by atoms with Crippen molar-refractivity contribution in [1.82, 2.24) is 9.88 Å². The summed E-state index contributed by atoms with van der Waals surface area (Å²) >= 11 is 3.73. The van der Waals surface area contributed by atoms with Crippen LogP contribution >= 0.6 is 15.9 Å². The monoisotopic (exact) mass is 636 g/mol. The van der Waals surface area contributed by atoms with Crippen LogP contribution in [-0.4, -0.2) is 60.6 Å². The first-order valence-electron chi connectivity index (χ1n) is 14.2. The zero-order valence-corrected chi connectivity index (χ0v) is 25.6. The van der Waals surface area contributed by atoms with Crippen molar-refractivity contribution in [1.29, 1.82) is 0 Å². The Bertz CT molecular complexity index is 1490. The Labute approximate surface area is 254 Å². The van der Waals surface area contributed by atoms with E-state index in [9.17, 15) is 9.90 Å². The van der Waals surface area contributed by atoms with Crippen molar-refractivity contribution in [3.8, 4) is 11.5 Å². The summed E-state index contributed by atoms with van der Waals surface area (Å²) in [4.78, 5) is 16.5. The van der Waals surface area contributed by atoms with Crippen LogP contribution in [0.1, 0.15) is 41.0 Å². The second kappa shape index (κ2) is 14.1. The number of nitrogens with one attached hydrogen (secondary N) is 1. The lowest BCUT2D eigenvalue weighted by atomic mass is 9.87. The molecule has 1 aliphatic rings. The number of likely N-dealkylation sites (tertiary alicyclic amines) is 1. The van der Waals surface area contributed by atoms with Gasteiger partial charge in [-0.15, -0.1) is 0 Å². The Morgan fingerprint density at radius 1 is 1.05 bits per heavy atom. The highest BCUT2D eigenvalue weighted by Crippen LogP contribution is 2.34. The molecule has 1 aromatic heterocycles. The van der Waals surface area contributed by atoms with Gasteiger partial charge in [-0.05, 0) is 64.2 Å². The molecular weight excluding hydrogens is 600 g/mol. The zero-order valence-electron chi connectivity index (χ0n) is 24.0.